The van der Waals surface area contributed by atoms with Crippen molar-refractivity contribution >= 4 is 0 Å². The van der Waals surface area contributed by atoms with Gasteiger partial charge in [0.15, 0.2) is 0 Å². The van der Waals surface area contributed by atoms with E-state index < -0.39 is 0 Å². The van der Waals surface area contributed by atoms with Gasteiger partial charge in [0.2, 0.25) is 0 Å². The Bertz CT molecular complexity index is 85.3. The van der Waals surface area contributed by atoms with Crippen LogP contribution in [-0.4, -0.2) is 6.04 Å². The van der Waals surface area contributed by atoms with Crippen LogP contribution in [0.15, 0.2) is 0 Å². The molecule has 1 nitrogen and oxygen atoms in total. The van der Waals surface area contributed by atoms with Gasteiger partial charge in [-0.3, -0.25) is 7.05 Å². The first kappa shape index (κ1) is 11.1. The molecule has 2 heteroatoms. The van der Waals surface area contributed by atoms with E-state index in [1.165, 1.54) is 25.7 Å². The largest absolute Gasteiger partial charge is 0.472 e. The van der Waals surface area contributed by atoms with Crippen molar-refractivity contribution in [1.29, 1.82) is 0 Å². The number of rotatable bonds is 1. The molecule has 10 heavy (non-hydrogen) atoms. The molecule has 0 aromatic rings. The fraction of sp³-hybridized carbons (Fsp3) is 0.750. The van der Waals surface area contributed by atoms with Crippen LogP contribution in [0, 0.1) is 19.9 Å². The summed E-state index contributed by atoms with van der Waals surface area (Å²) in [5.74, 6) is 0.594. The molecule has 0 spiro atoms. The van der Waals surface area contributed by atoms with Crippen molar-refractivity contribution in [1.82, 2.24) is 5.32 Å². The molecule has 1 aliphatic rings. The quantitative estimate of drug-likeness (QED) is 0.656. The summed E-state index contributed by atoms with van der Waals surface area (Å²) in [6.45, 7) is 4.05. The summed E-state index contributed by atoms with van der Waals surface area (Å²) in [5, 5.41) is 3.04. The molecule has 1 saturated carbocycles. The van der Waals surface area contributed by atoms with E-state index in [-0.39, 0.29) is 32.7 Å². The molecule has 0 bridgehead atoms. The Hall–Kier alpha value is 1.06. The summed E-state index contributed by atoms with van der Waals surface area (Å²) in [7, 11) is 3.67. The predicted molar refractivity (Wildman–Crippen MR) is 39.6 cm³/mol. The second-order valence-corrected chi connectivity index (χ2v) is 2.86. The van der Waals surface area contributed by atoms with Gasteiger partial charge in [-0.1, -0.05) is 19.3 Å². The van der Waals surface area contributed by atoms with Crippen LogP contribution in [-0.2, 0) is 32.7 Å². The monoisotopic (exact) mass is 214 g/mol. The molecule has 0 amide bonds. The smallest absolute Gasteiger partial charge is 0 e. The molecule has 0 aromatic heterocycles. The Balaban J connectivity index is 0.000000810. The van der Waals surface area contributed by atoms with Crippen LogP contribution in [0.1, 0.15) is 25.7 Å². The van der Waals surface area contributed by atoms with Crippen LogP contribution in [0.3, 0.4) is 0 Å². The second-order valence-electron chi connectivity index (χ2n) is 2.86. The zero-order chi connectivity index (χ0) is 6.69. The van der Waals surface area contributed by atoms with Crippen LogP contribution in [0.25, 0.3) is 0 Å². The van der Waals surface area contributed by atoms with Crippen molar-refractivity contribution in [3.8, 4) is 0 Å². The summed E-state index contributed by atoms with van der Waals surface area (Å²) in [5.41, 5.74) is 0. The van der Waals surface area contributed by atoms with Crippen LogP contribution in [0.2, 0.25) is 0 Å². The van der Waals surface area contributed by atoms with Gasteiger partial charge in [0.25, 0.3) is 0 Å². The number of hydrogen-bond acceptors (Lipinski definition) is 1. The van der Waals surface area contributed by atoms with E-state index >= 15 is 0 Å². The van der Waals surface area contributed by atoms with Gasteiger partial charge in [0.1, 0.15) is 0 Å². The Morgan fingerprint density at radius 1 is 1.20 bits per heavy atom. The van der Waals surface area contributed by atoms with Crippen LogP contribution < -0.4 is 5.32 Å². The molecule has 1 fully saturated rings. The van der Waals surface area contributed by atoms with E-state index in [1.807, 2.05) is 0 Å². The van der Waals surface area contributed by atoms with Crippen molar-refractivity contribution in [2.24, 2.45) is 5.92 Å². The maximum Gasteiger partial charge on any atom is 0 e. The average Bonchev–Trinajstić information content (AvgIpc) is 1.89. The molecule has 1 aliphatic carbocycles. The fourth-order valence-corrected chi connectivity index (χ4v) is 1.48. The minimum atomic E-state index is 0. The normalized spacial score (nSPS) is 33.0. The zero-order valence-corrected chi connectivity index (χ0v) is 9.31. The summed E-state index contributed by atoms with van der Waals surface area (Å²) in [6.07, 6.45) is 5.23. The first-order valence-electron chi connectivity index (χ1n) is 3.70. The van der Waals surface area contributed by atoms with Gasteiger partial charge in [-0.05, 0) is 12.5 Å². The number of hydrogen-bond donors (Lipinski definition) is 1. The van der Waals surface area contributed by atoms with Gasteiger partial charge in [-0.25, -0.2) is 0 Å². The zero-order valence-electron chi connectivity index (χ0n) is 6.47. The van der Waals surface area contributed by atoms with Crippen molar-refractivity contribution in [3.63, 3.8) is 0 Å². The third-order valence-corrected chi connectivity index (χ3v) is 2.17. The van der Waals surface area contributed by atoms with Crippen molar-refractivity contribution in [3.05, 3.63) is 14.0 Å². The molecule has 0 saturated heterocycles. The summed E-state index contributed by atoms with van der Waals surface area (Å²) in [6, 6.07) is 0.582. The summed E-state index contributed by atoms with van der Waals surface area (Å²) in [4.78, 5) is 0. The Morgan fingerprint density at radius 3 is 2.20 bits per heavy atom. The van der Waals surface area contributed by atoms with E-state index in [2.05, 4.69) is 19.3 Å². The number of nitrogens with one attached hydrogen (secondary N) is 1. The predicted octanol–water partition coefficient (Wildman–Crippen LogP) is 1.76. The van der Waals surface area contributed by atoms with Gasteiger partial charge in [0.05, 0.1) is 0 Å². The molecule has 2 unspecified atom stereocenters. The Morgan fingerprint density at radius 2 is 1.80 bits per heavy atom. The van der Waals surface area contributed by atoms with Crippen molar-refractivity contribution < 1.29 is 32.7 Å². The molecule has 2 atom stereocenters. The van der Waals surface area contributed by atoms with E-state index in [0.717, 1.165) is 0 Å². The van der Waals surface area contributed by atoms with Crippen molar-refractivity contribution in [2.45, 2.75) is 31.7 Å². The third kappa shape index (κ3) is 2.98. The molecule has 1 rings (SSSR count). The van der Waals surface area contributed by atoms with E-state index in [4.69, 9.17) is 0 Å². The first-order chi connectivity index (χ1) is 4.34. The van der Waals surface area contributed by atoms with Crippen LogP contribution in [0.5, 0.6) is 0 Å². The first-order valence-corrected chi connectivity index (χ1v) is 3.70. The molecule has 1 N–H and O–H groups in total. The fourth-order valence-electron chi connectivity index (χ4n) is 1.48. The maximum absolute atomic E-state index is 4.05. The topological polar surface area (TPSA) is 12.0 Å². The molecule has 0 aromatic carbocycles. The molecular weight excluding hydrogens is 199 g/mol. The van der Waals surface area contributed by atoms with Crippen LogP contribution >= 0.6 is 0 Å². The maximum atomic E-state index is 4.05. The van der Waals surface area contributed by atoms with Crippen LogP contribution in [0.4, 0.5) is 0 Å². The van der Waals surface area contributed by atoms with Crippen molar-refractivity contribution in [2.75, 3.05) is 0 Å². The summed E-state index contributed by atoms with van der Waals surface area (Å²) < 4.78 is 0. The molecular formula is C8H15NY-2. The molecule has 0 heterocycles. The standard InChI is InChI=1S/C8H15N.Y/c1-7-5-3-4-6-8(7)9-2;/h7-9H,1-6H2;/q-2;. The SMILES string of the molecule is [CH2-]NC1CCCCC1[CH2-].[Y]. The summed E-state index contributed by atoms with van der Waals surface area (Å²) >= 11 is 0. The molecule has 1 radical (unpaired) electrons. The van der Waals surface area contributed by atoms with Gasteiger partial charge in [0, 0.05) is 32.7 Å². The van der Waals surface area contributed by atoms with E-state index in [1.54, 1.807) is 0 Å². The van der Waals surface area contributed by atoms with E-state index in [0.29, 0.717) is 12.0 Å². The van der Waals surface area contributed by atoms with Gasteiger partial charge in [-0.2, -0.15) is 5.92 Å². The second kappa shape index (κ2) is 5.68. The minimum absolute atomic E-state index is 0. The third-order valence-electron chi connectivity index (χ3n) is 2.17. The molecule has 0 aliphatic heterocycles. The van der Waals surface area contributed by atoms with Gasteiger partial charge in [-0.15, -0.1) is 0 Å². The van der Waals surface area contributed by atoms with E-state index in [9.17, 15) is 0 Å². The van der Waals surface area contributed by atoms with Gasteiger partial charge >= 0.3 is 0 Å². The minimum Gasteiger partial charge on any atom is -0.472 e. The average molecular weight is 214 g/mol. The van der Waals surface area contributed by atoms with Gasteiger partial charge < -0.3 is 12.2 Å². The Kier molecular flexibility index (Phi) is 6.29. The molecule has 57 valence electrons. The Labute approximate surface area is 89.2 Å².